The number of hydrogen-bond acceptors (Lipinski definition) is 4. The molecule has 4 heteroatoms. The number of carbonyl (C=O) groups is 1. The van der Waals surface area contributed by atoms with Crippen molar-refractivity contribution >= 4 is 5.97 Å². The van der Waals surface area contributed by atoms with Crippen molar-refractivity contribution in [2.75, 3.05) is 13.2 Å². The number of rotatable bonds is 2. The summed E-state index contributed by atoms with van der Waals surface area (Å²) in [6, 6.07) is 0. The first kappa shape index (κ1) is 14.2. The van der Waals surface area contributed by atoms with Crippen molar-refractivity contribution in [3.63, 3.8) is 0 Å². The van der Waals surface area contributed by atoms with Crippen LogP contribution in [0.15, 0.2) is 11.6 Å². The highest BCUT2D eigenvalue weighted by molar-refractivity contribution is 5.72. The Labute approximate surface area is 103 Å². The van der Waals surface area contributed by atoms with Gasteiger partial charge in [0.1, 0.15) is 5.60 Å². The van der Waals surface area contributed by atoms with Gasteiger partial charge in [-0.2, -0.15) is 0 Å². The normalized spacial score (nSPS) is 22.4. The van der Waals surface area contributed by atoms with E-state index in [0.717, 1.165) is 12.0 Å². The lowest BCUT2D eigenvalue weighted by atomic mass is 10.0. The largest absolute Gasteiger partial charge is 0.460 e. The number of ether oxygens (including phenoxy) is 2. The summed E-state index contributed by atoms with van der Waals surface area (Å²) in [6.07, 6.45) is 2.97. The summed E-state index contributed by atoms with van der Waals surface area (Å²) in [6.45, 7) is 6.47. The summed E-state index contributed by atoms with van der Waals surface area (Å²) < 4.78 is 10.5. The van der Waals surface area contributed by atoms with Crippen LogP contribution in [0.3, 0.4) is 0 Å². The molecule has 1 heterocycles. The Hall–Kier alpha value is -0.870. The molecule has 0 radical (unpaired) electrons. The van der Waals surface area contributed by atoms with Gasteiger partial charge in [-0.05, 0) is 33.6 Å². The molecule has 0 aromatic carbocycles. The van der Waals surface area contributed by atoms with E-state index in [4.69, 9.17) is 9.47 Å². The molecule has 98 valence electrons. The third kappa shape index (κ3) is 6.44. The highest BCUT2D eigenvalue weighted by atomic mass is 16.6. The van der Waals surface area contributed by atoms with Crippen LogP contribution >= 0.6 is 0 Å². The predicted molar refractivity (Wildman–Crippen MR) is 64.6 cm³/mol. The van der Waals surface area contributed by atoms with E-state index in [0.29, 0.717) is 19.6 Å². The van der Waals surface area contributed by atoms with Gasteiger partial charge in [-0.3, -0.25) is 4.79 Å². The Balaban J connectivity index is 2.50. The number of hydrogen-bond donors (Lipinski definition) is 1. The smallest absolute Gasteiger partial charge is 0.310 e. The summed E-state index contributed by atoms with van der Waals surface area (Å²) in [4.78, 5) is 11.7. The molecule has 0 saturated carbocycles. The van der Waals surface area contributed by atoms with Crippen LogP contribution in [0.2, 0.25) is 0 Å². The van der Waals surface area contributed by atoms with Crippen molar-refractivity contribution in [2.24, 2.45) is 0 Å². The van der Waals surface area contributed by atoms with E-state index in [9.17, 15) is 9.90 Å². The molecule has 1 atom stereocenters. The lowest BCUT2D eigenvalue weighted by Crippen LogP contribution is -2.25. The second-order valence-electron chi connectivity index (χ2n) is 5.35. The van der Waals surface area contributed by atoms with Gasteiger partial charge in [0.05, 0.1) is 25.7 Å². The van der Waals surface area contributed by atoms with Crippen molar-refractivity contribution in [2.45, 2.75) is 51.7 Å². The second-order valence-corrected chi connectivity index (χ2v) is 5.35. The minimum atomic E-state index is -0.524. The number of carbonyl (C=O) groups excluding carboxylic acids is 1. The molecule has 1 rings (SSSR count). The number of aliphatic hydroxyl groups is 1. The van der Waals surface area contributed by atoms with Crippen LogP contribution in [0.5, 0.6) is 0 Å². The third-order valence-electron chi connectivity index (χ3n) is 2.29. The minimum Gasteiger partial charge on any atom is -0.460 e. The number of aliphatic hydroxyl groups excluding tert-OH is 1. The van der Waals surface area contributed by atoms with E-state index >= 15 is 0 Å². The Morgan fingerprint density at radius 3 is 2.94 bits per heavy atom. The van der Waals surface area contributed by atoms with Gasteiger partial charge in [0.25, 0.3) is 0 Å². The SMILES string of the molecule is CC(C)(C)OC(=O)CC1=CCCOCC(O)C1. The van der Waals surface area contributed by atoms with Gasteiger partial charge in [0.2, 0.25) is 0 Å². The average Bonchev–Trinajstić information content (AvgIpc) is 2.10. The van der Waals surface area contributed by atoms with Crippen LogP contribution in [-0.4, -0.2) is 36.0 Å². The molecular weight excluding hydrogens is 220 g/mol. The van der Waals surface area contributed by atoms with Gasteiger partial charge in [-0.25, -0.2) is 0 Å². The fourth-order valence-electron chi connectivity index (χ4n) is 1.72. The van der Waals surface area contributed by atoms with E-state index in [-0.39, 0.29) is 12.4 Å². The van der Waals surface area contributed by atoms with E-state index in [2.05, 4.69) is 0 Å². The molecule has 0 spiro atoms. The van der Waals surface area contributed by atoms with E-state index in [1.165, 1.54) is 0 Å². The molecule has 1 unspecified atom stereocenters. The molecule has 1 N–H and O–H groups in total. The maximum Gasteiger partial charge on any atom is 0.310 e. The predicted octanol–water partition coefficient (Wildman–Crippen LogP) is 1.82. The molecular formula is C13H22O4. The lowest BCUT2D eigenvalue weighted by molar-refractivity contribution is -0.154. The minimum absolute atomic E-state index is 0.238. The maximum absolute atomic E-state index is 11.7. The van der Waals surface area contributed by atoms with E-state index < -0.39 is 11.7 Å². The van der Waals surface area contributed by atoms with Crippen molar-refractivity contribution in [1.82, 2.24) is 0 Å². The van der Waals surface area contributed by atoms with E-state index in [1.54, 1.807) is 0 Å². The lowest BCUT2D eigenvalue weighted by Gasteiger charge is -2.21. The first-order valence-electron chi connectivity index (χ1n) is 6.02. The van der Waals surface area contributed by atoms with Crippen molar-refractivity contribution in [3.05, 3.63) is 11.6 Å². The van der Waals surface area contributed by atoms with Gasteiger partial charge in [0, 0.05) is 0 Å². The fourth-order valence-corrected chi connectivity index (χ4v) is 1.72. The highest BCUT2D eigenvalue weighted by Gasteiger charge is 2.19. The molecule has 1 aliphatic rings. The monoisotopic (exact) mass is 242 g/mol. The van der Waals surface area contributed by atoms with Crippen LogP contribution in [0.25, 0.3) is 0 Å². The van der Waals surface area contributed by atoms with Crippen molar-refractivity contribution in [1.29, 1.82) is 0 Å². The topological polar surface area (TPSA) is 55.8 Å². The van der Waals surface area contributed by atoms with Crippen LogP contribution in [0.1, 0.15) is 40.0 Å². The Morgan fingerprint density at radius 1 is 1.59 bits per heavy atom. The van der Waals surface area contributed by atoms with Gasteiger partial charge in [0.15, 0.2) is 0 Å². The molecule has 0 fully saturated rings. The number of esters is 1. The first-order chi connectivity index (χ1) is 7.87. The maximum atomic E-state index is 11.7. The summed E-state index contributed by atoms with van der Waals surface area (Å²) in [5.41, 5.74) is 0.483. The van der Waals surface area contributed by atoms with Crippen molar-refractivity contribution < 1.29 is 19.4 Å². The molecule has 1 aliphatic heterocycles. The Bertz CT molecular complexity index is 288. The molecule has 0 aromatic heterocycles. The van der Waals surface area contributed by atoms with Crippen molar-refractivity contribution in [3.8, 4) is 0 Å². The van der Waals surface area contributed by atoms with Gasteiger partial charge in [-0.15, -0.1) is 0 Å². The molecule has 4 nitrogen and oxygen atoms in total. The van der Waals surface area contributed by atoms with Gasteiger partial charge in [-0.1, -0.05) is 11.6 Å². The molecule has 17 heavy (non-hydrogen) atoms. The molecule has 0 saturated heterocycles. The first-order valence-corrected chi connectivity index (χ1v) is 6.02. The Morgan fingerprint density at radius 2 is 2.29 bits per heavy atom. The quantitative estimate of drug-likeness (QED) is 0.592. The highest BCUT2D eigenvalue weighted by Crippen LogP contribution is 2.17. The summed E-state index contributed by atoms with van der Waals surface area (Å²) in [5.74, 6) is -0.238. The molecule has 0 aromatic rings. The van der Waals surface area contributed by atoms with Gasteiger partial charge < -0.3 is 14.6 Å². The average molecular weight is 242 g/mol. The van der Waals surface area contributed by atoms with Crippen LogP contribution in [0.4, 0.5) is 0 Å². The summed E-state index contributed by atoms with van der Waals surface area (Å²) >= 11 is 0. The van der Waals surface area contributed by atoms with Crippen LogP contribution < -0.4 is 0 Å². The molecule has 0 amide bonds. The molecule has 0 aliphatic carbocycles. The molecule has 0 bridgehead atoms. The summed E-state index contributed by atoms with van der Waals surface area (Å²) in [7, 11) is 0. The zero-order valence-electron chi connectivity index (χ0n) is 10.9. The van der Waals surface area contributed by atoms with Crippen LogP contribution in [-0.2, 0) is 14.3 Å². The second kappa shape index (κ2) is 6.17. The Kier molecular flexibility index (Phi) is 5.15. The zero-order valence-corrected chi connectivity index (χ0v) is 10.9. The fraction of sp³-hybridized carbons (Fsp3) is 0.769. The van der Waals surface area contributed by atoms with Crippen LogP contribution in [0, 0.1) is 0 Å². The van der Waals surface area contributed by atoms with E-state index in [1.807, 2.05) is 26.8 Å². The standard InChI is InChI=1S/C13H22O4/c1-13(2,3)17-12(15)8-10-5-4-6-16-9-11(14)7-10/h5,11,14H,4,6-9H2,1-3H3. The summed E-state index contributed by atoms with van der Waals surface area (Å²) in [5, 5.41) is 9.61. The van der Waals surface area contributed by atoms with Gasteiger partial charge >= 0.3 is 5.97 Å². The third-order valence-corrected chi connectivity index (χ3v) is 2.29. The zero-order chi connectivity index (χ0) is 12.9.